The predicted molar refractivity (Wildman–Crippen MR) is 83.2 cm³/mol. The first-order chi connectivity index (χ1) is 11.8. The number of halogens is 3. The average molecular weight is 354 g/mol. The normalized spacial score (nSPS) is 15.6. The summed E-state index contributed by atoms with van der Waals surface area (Å²) >= 11 is 0. The Morgan fingerprint density at radius 2 is 1.84 bits per heavy atom. The van der Waals surface area contributed by atoms with Crippen molar-refractivity contribution in [3.8, 4) is 0 Å². The number of nitrogens with zero attached hydrogens (tertiary/aromatic N) is 5. The van der Waals surface area contributed by atoms with Gasteiger partial charge in [0.25, 0.3) is 5.91 Å². The van der Waals surface area contributed by atoms with E-state index in [2.05, 4.69) is 20.2 Å². The van der Waals surface area contributed by atoms with Gasteiger partial charge in [-0.1, -0.05) is 0 Å². The molecule has 2 aromatic rings. The number of nitrogens with one attached hydrogen (secondary N) is 1. The minimum Gasteiger partial charge on any atom is -0.353 e. The zero-order valence-corrected chi connectivity index (χ0v) is 13.8. The summed E-state index contributed by atoms with van der Waals surface area (Å²) in [5.74, 6) is 0.0900. The van der Waals surface area contributed by atoms with Crippen LogP contribution in [0.2, 0.25) is 0 Å². The number of amides is 1. The maximum absolute atomic E-state index is 12.8. The second-order valence-corrected chi connectivity index (χ2v) is 5.85. The SMILES string of the molecule is Cc1n[nH]c(C)c1C(=O)N1CCN(c2cc(C(F)(F)F)ncn2)CC1. The van der Waals surface area contributed by atoms with E-state index < -0.39 is 11.9 Å². The lowest BCUT2D eigenvalue weighted by Crippen LogP contribution is -2.49. The molecule has 0 aliphatic carbocycles. The molecule has 0 bridgehead atoms. The number of carbonyl (C=O) groups excluding carboxylic acids is 1. The van der Waals surface area contributed by atoms with Crippen molar-refractivity contribution >= 4 is 11.7 Å². The molecule has 2 aromatic heterocycles. The smallest absolute Gasteiger partial charge is 0.353 e. The van der Waals surface area contributed by atoms with Gasteiger partial charge < -0.3 is 9.80 Å². The molecule has 0 atom stereocenters. The van der Waals surface area contributed by atoms with Crippen molar-refractivity contribution in [1.29, 1.82) is 0 Å². The molecule has 7 nitrogen and oxygen atoms in total. The number of piperazine rings is 1. The van der Waals surface area contributed by atoms with Crippen molar-refractivity contribution in [3.63, 3.8) is 0 Å². The number of hydrogen-bond donors (Lipinski definition) is 1. The maximum atomic E-state index is 12.8. The quantitative estimate of drug-likeness (QED) is 0.890. The van der Waals surface area contributed by atoms with Crippen molar-refractivity contribution < 1.29 is 18.0 Å². The standard InChI is InChI=1S/C15H17F3N6O/c1-9-13(10(2)22-21-9)14(25)24-5-3-23(4-6-24)12-7-11(15(16,17)18)19-8-20-12/h7-8H,3-6H2,1-2H3,(H,21,22). The Morgan fingerprint density at radius 3 is 2.40 bits per heavy atom. The molecule has 25 heavy (non-hydrogen) atoms. The van der Waals surface area contributed by atoms with E-state index in [1.54, 1.807) is 23.6 Å². The number of aromatic amines is 1. The summed E-state index contributed by atoms with van der Waals surface area (Å²) in [6, 6.07) is 0.932. The molecular weight excluding hydrogens is 337 g/mol. The van der Waals surface area contributed by atoms with Gasteiger partial charge >= 0.3 is 6.18 Å². The van der Waals surface area contributed by atoms with Crippen LogP contribution in [0.15, 0.2) is 12.4 Å². The molecule has 1 aliphatic heterocycles. The van der Waals surface area contributed by atoms with Crippen molar-refractivity contribution in [2.45, 2.75) is 20.0 Å². The van der Waals surface area contributed by atoms with Gasteiger partial charge in [-0.05, 0) is 13.8 Å². The fourth-order valence-electron chi connectivity index (χ4n) is 2.84. The van der Waals surface area contributed by atoms with Crippen molar-refractivity contribution in [2.75, 3.05) is 31.1 Å². The summed E-state index contributed by atoms with van der Waals surface area (Å²) in [5, 5.41) is 6.80. The summed E-state index contributed by atoms with van der Waals surface area (Å²) in [7, 11) is 0. The van der Waals surface area contributed by atoms with Gasteiger partial charge in [0, 0.05) is 37.9 Å². The monoisotopic (exact) mass is 354 g/mol. The number of anilines is 1. The lowest BCUT2D eigenvalue weighted by atomic mass is 10.1. The van der Waals surface area contributed by atoms with Crippen LogP contribution in [0.1, 0.15) is 27.4 Å². The molecule has 0 spiro atoms. The van der Waals surface area contributed by atoms with E-state index >= 15 is 0 Å². The third-order valence-corrected chi connectivity index (χ3v) is 4.18. The first-order valence-electron chi connectivity index (χ1n) is 7.72. The van der Waals surface area contributed by atoms with E-state index in [1.807, 2.05) is 0 Å². The Balaban J connectivity index is 1.69. The number of hydrogen-bond acceptors (Lipinski definition) is 5. The van der Waals surface area contributed by atoms with E-state index in [0.717, 1.165) is 12.4 Å². The second-order valence-electron chi connectivity index (χ2n) is 5.85. The van der Waals surface area contributed by atoms with E-state index in [-0.39, 0.29) is 11.7 Å². The Hall–Kier alpha value is -2.65. The zero-order chi connectivity index (χ0) is 18.2. The molecule has 3 rings (SSSR count). The van der Waals surface area contributed by atoms with E-state index in [9.17, 15) is 18.0 Å². The average Bonchev–Trinajstić information content (AvgIpc) is 2.92. The summed E-state index contributed by atoms with van der Waals surface area (Å²) < 4.78 is 38.3. The molecule has 10 heteroatoms. The van der Waals surface area contributed by atoms with Gasteiger partial charge in [-0.3, -0.25) is 9.89 Å². The van der Waals surface area contributed by atoms with Crippen LogP contribution < -0.4 is 4.90 Å². The fraction of sp³-hybridized carbons (Fsp3) is 0.467. The van der Waals surface area contributed by atoms with Gasteiger partial charge in [0.1, 0.15) is 17.8 Å². The van der Waals surface area contributed by atoms with Crippen LogP contribution in [0.3, 0.4) is 0 Å². The minimum absolute atomic E-state index is 0.123. The van der Waals surface area contributed by atoms with Gasteiger partial charge in [0.05, 0.1) is 11.3 Å². The van der Waals surface area contributed by atoms with Crippen molar-refractivity contribution in [2.24, 2.45) is 0 Å². The topological polar surface area (TPSA) is 78.0 Å². The largest absolute Gasteiger partial charge is 0.433 e. The van der Waals surface area contributed by atoms with Gasteiger partial charge in [0.15, 0.2) is 0 Å². The molecule has 1 saturated heterocycles. The molecule has 0 radical (unpaired) electrons. The first kappa shape index (κ1) is 17.2. The third-order valence-electron chi connectivity index (χ3n) is 4.18. The Labute approximate surface area is 141 Å². The molecule has 1 aliphatic rings. The molecule has 0 aromatic carbocycles. The number of alkyl halides is 3. The number of aryl methyl sites for hydroxylation is 2. The number of rotatable bonds is 2. The van der Waals surface area contributed by atoms with Crippen molar-refractivity contribution in [1.82, 2.24) is 25.1 Å². The molecule has 134 valence electrons. The van der Waals surface area contributed by atoms with E-state index in [1.165, 1.54) is 0 Å². The molecule has 3 heterocycles. The first-order valence-corrected chi connectivity index (χ1v) is 7.72. The van der Waals surface area contributed by atoms with Gasteiger partial charge in [0.2, 0.25) is 0 Å². The number of aromatic nitrogens is 4. The zero-order valence-electron chi connectivity index (χ0n) is 13.8. The van der Waals surface area contributed by atoms with Crippen LogP contribution >= 0.6 is 0 Å². The number of carbonyl (C=O) groups is 1. The molecule has 1 amide bonds. The fourth-order valence-corrected chi connectivity index (χ4v) is 2.84. The van der Waals surface area contributed by atoms with Gasteiger partial charge in [-0.25, -0.2) is 9.97 Å². The van der Waals surface area contributed by atoms with Crippen LogP contribution in [0, 0.1) is 13.8 Å². The molecule has 0 unspecified atom stereocenters. The van der Waals surface area contributed by atoms with Gasteiger partial charge in [-0.2, -0.15) is 18.3 Å². The molecule has 1 N–H and O–H groups in total. The maximum Gasteiger partial charge on any atom is 0.433 e. The van der Waals surface area contributed by atoms with E-state index in [0.29, 0.717) is 43.1 Å². The Kier molecular flexibility index (Phi) is 4.36. The van der Waals surface area contributed by atoms with Crippen LogP contribution in [0.25, 0.3) is 0 Å². The van der Waals surface area contributed by atoms with Crippen molar-refractivity contribution in [3.05, 3.63) is 35.0 Å². The number of H-pyrrole nitrogens is 1. The van der Waals surface area contributed by atoms with E-state index in [4.69, 9.17) is 0 Å². The highest BCUT2D eigenvalue weighted by atomic mass is 19.4. The summed E-state index contributed by atoms with van der Waals surface area (Å²) in [4.78, 5) is 23.2. The van der Waals surface area contributed by atoms with Gasteiger partial charge in [-0.15, -0.1) is 0 Å². The molecular formula is C15H17F3N6O. The van der Waals surface area contributed by atoms with Crippen LogP contribution in [-0.4, -0.2) is 57.2 Å². The molecule has 1 fully saturated rings. The van der Waals surface area contributed by atoms with Crippen LogP contribution in [0.5, 0.6) is 0 Å². The second kappa shape index (κ2) is 6.34. The lowest BCUT2D eigenvalue weighted by Gasteiger charge is -2.35. The highest BCUT2D eigenvalue weighted by molar-refractivity contribution is 5.96. The summed E-state index contributed by atoms with van der Waals surface area (Å²) in [6.07, 6.45) is -3.60. The third kappa shape index (κ3) is 3.42. The Morgan fingerprint density at radius 1 is 1.16 bits per heavy atom. The van der Waals surface area contributed by atoms with Crippen LogP contribution in [-0.2, 0) is 6.18 Å². The Bertz CT molecular complexity index is 760. The molecule has 0 saturated carbocycles. The highest BCUT2D eigenvalue weighted by Crippen LogP contribution is 2.29. The predicted octanol–water partition coefficient (Wildman–Crippen LogP) is 1.80. The lowest BCUT2D eigenvalue weighted by molar-refractivity contribution is -0.141. The highest BCUT2D eigenvalue weighted by Gasteiger charge is 2.34. The summed E-state index contributed by atoms with van der Waals surface area (Å²) in [6.45, 7) is 5.13. The van der Waals surface area contributed by atoms with Crippen LogP contribution in [0.4, 0.5) is 19.0 Å². The minimum atomic E-state index is -4.51. The summed E-state index contributed by atoms with van der Waals surface area (Å²) in [5.41, 5.74) is 0.918.